The fourth-order valence-electron chi connectivity index (χ4n) is 2.24. The largest absolute Gasteiger partial charge is 0.502 e. The Morgan fingerprint density at radius 1 is 1.12 bits per heavy atom. The maximum Gasteiger partial charge on any atom is 0.311 e. The van der Waals surface area contributed by atoms with Gasteiger partial charge < -0.3 is 5.11 Å². The SMILES string of the molecule is O=C1SC(=Cc2ccc(O)c([N+](=O)[O-])c2)C(=O)N1c1ccc(Cl)c(Cl)c1. The Kier molecular flexibility index (Phi) is 4.90. The van der Waals surface area contributed by atoms with E-state index in [9.17, 15) is 24.8 Å². The molecule has 2 aromatic rings. The summed E-state index contributed by atoms with van der Waals surface area (Å²) in [6, 6.07) is 8.01. The lowest BCUT2D eigenvalue weighted by Gasteiger charge is -2.13. The lowest BCUT2D eigenvalue weighted by molar-refractivity contribution is -0.385. The number of amides is 2. The molecule has 0 aromatic heterocycles. The zero-order chi connectivity index (χ0) is 19.0. The van der Waals surface area contributed by atoms with Crippen LogP contribution in [0.2, 0.25) is 10.0 Å². The number of hydrogen-bond acceptors (Lipinski definition) is 6. The number of nitrogens with zero attached hydrogens (tertiary/aromatic N) is 2. The molecule has 0 aliphatic carbocycles. The number of phenols is 1. The van der Waals surface area contributed by atoms with Crippen molar-refractivity contribution >= 4 is 63.6 Å². The molecule has 2 amide bonds. The molecule has 0 unspecified atom stereocenters. The Bertz CT molecular complexity index is 993. The highest BCUT2D eigenvalue weighted by atomic mass is 35.5. The lowest BCUT2D eigenvalue weighted by atomic mass is 10.1. The third kappa shape index (κ3) is 3.39. The van der Waals surface area contributed by atoms with E-state index in [-0.39, 0.29) is 20.6 Å². The Hall–Kier alpha value is -2.55. The van der Waals surface area contributed by atoms with Crippen LogP contribution in [-0.4, -0.2) is 21.2 Å². The number of benzene rings is 2. The highest BCUT2D eigenvalue weighted by molar-refractivity contribution is 8.19. The van der Waals surface area contributed by atoms with Crippen LogP contribution in [0.1, 0.15) is 5.56 Å². The molecular weight excluding hydrogens is 403 g/mol. The van der Waals surface area contributed by atoms with E-state index in [0.29, 0.717) is 17.3 Å². The highest BCUT2D eigenvalue weighted by Crippen LogP contribution is 2.38. The number of nitro groups is 1. The molecule has 1 heterocycles. The molecule has 0 atom stereocenters. The highest BCUT2D eigenvalue weighted by Gasteiger charge is 2.36. The minimum atomic E-state index is -0.742. The molecule has 1 aliphatic heterocycles. The van der Waals surface area contributed by atoms with Crippen LogP contribution in [0.15, 0.2) is 41.3 Å². The summed E-state index contributed by atoms with van der Waals surface area (Å²) in [5, 5.41) is 20.3. The molecule has 1 N–H and O–H groups in total. The van der Waals surface area contributed by atoms with Gasteiger partial charge in [-0.05, 0) is 47.7 Å². The molecular formula is C16H8Cl2N2O5S. The summed E-state index contributed by atoms with van der Waals surface area (Å²) in [7, 11) is 0. The van der Waals surface area contributed by atoms with Crippen molar-refractivity contribution in [2.75, 3.05) is 4.90 Å². The molecule has 0 saturated carbocycles. The first-order valence-corrected chi connectivity index (χ1v) is 8.55. The molecule has 3 rings (SSSR count). The van der Waals surface area contributed by atoms with Gasteiger partial charge in [0.1, 0.15) is 0 Å². The van der Waals surface area contributed by atoms with Gasteiger partial charge in [-0.1, -0.05) is 29.3 Å². The Morgan fingerprint density at radius 3 is 2.50 bits per heavy atom. The average Bonchev–Trinajstić information content (AvgIpc) is 2.85. The quantitative estimate of drug-likeness (QED) is 0.440. The molecule has 132 valence electrons. The van der Waals surface area contributed by atoms with E-state index in [2.05, 4.69) is 0 Å². The number of anilines is 1. The fourth-order valence-corrected chi connectivity index (χ4v) is 3.38. The second-order valence-electron chi connectivity index (χ2n) is 5.12. The van der Waals surface area contributed by atoms with Crippen molar-refractivity contribution in [2.24, 2.45) is 0 Å². The van der Waals surface area contributed by atoms with Gasteiger partial charge in [-0.25, -0.2) is 4.90 Å². The predicted molar refractivity (Wildman–Crippen MR) is 99.7 cm³/mol. The number of aromatic hydroxyl groups is 1. The van der Waals surface area contributed by atoms with E-state index in [1.54, 1.807) is 0 Å². The van der Waals surface area contributed by atoms with E-state index in [0.717, 1.165) is 17.0 Å². The maximum absolute atomic E-state index is 12.6. The lowest BCUT2D eigenvalue weighted by Crippen LogP contribution is -2.27. The van der Waals surface area contributed by atoms with Gasteiger partial charge in [0.2, 0.25) is 0 Å². The standard InChI is InChI=1S/C16H8Cl2N2O5S/c17-10-3-2-9(7-11(10)18)19-15(22)14(26-16(19)23)6-8-1-4-13(21)12(5-8)20(24)25/h1-7,21H. The van der Waals surface area contributed by atoms with Gasteiger partial charge in [0.25, 0.3) is 11.1 Å². The number of hydrogen-bond donors (Lipinski definition) is 1. The number of nitro benzene ring substituents is 1. The van der Waals surface area contributed by atoms with Gasteiger partial charge in [0, 0.05) is 6.07 Å². The summed E-state index contributed by atoms with van der Waals surface area (Å²) >= 11 is 12.5. The number of imide groups is 1. The number of thioether (sulfide) groups is 1. The first-order valence-electron chi connectivity index (χ1n) is 6.98. The first-order chi connectivity index (χ1) is 12.3. The fraction of sp³-hybridized carbons (Fsp3) is 0. The molecule has 7 nitrogen and oxygen atoms in total. The molecule has 1 fully saturated rings. The van der Waals surface area contributed by atoms with E-state index in [4.69, 9.17) is 23.2 Å². The molecule has 26 heavy (non-hydrogen) atoms. The van der Waals surface area contributed by atoms with Crippen LogP contribution in [0.4, 0.5) is 16.2 Å². The molecule has 10 heteroatoms. The van der Waals surface area contributed by atoms with Gasteiger partial charge in [0.05, 0.1) is 25.6 Å². The molecule has 0 radical (unpaired) electrons. The summed E-state index contributed by atoms with van der Waals surface area (Å²) in [5.74, 6) is -1.08. The normalized spacial score (nSPS) is 15.8. The number of carbonyl (C=O) groups is 2. The first kappa shape index (κ1) is 18.2. The summed E-state index contributed by atoms with van der Waals surface area (Å²) in [6.07, 6.45) is 1.34. The Morgan fingerprint density at radius 2 is 1.85 bits per heavy atom. The Labute approximate surface area is 161 Å². The average molecular weight is 411 g/mol. The maximum atomic E-state index is 12.6. The molecule has 1 saturated heterocycles. The van der Waals surface area contributed by atoms with Crippen molar-refractivity contribution in [3.05, 3.63) is 67.0 Å². The van der Waals surface area contributed by atoms with Gasteiger partial charge >= 0.3 is 5.69 Å². The third-order valence-electron chi connectivity index (χ3n) is 3.45. The topological polar surface area (TPSA) is 101 Å². The van der Waals surface area contributed by atoms with Crippen molar-refractivity contribution in [1.82, 2.24) is 0 Å². The smallest absolute Gasteiger partial charge is 0.311 e. The molecule has 0 bridgehead atoms. The van der Waals surface area contributed by atoms with Crippen LogP contribution < -0.4 is 4.90 Å². The van der Waals surface area contributed by atoms with Crippen molar-refractivity contribution in [2.45, 2.75) is 0 Å². The second kappa shape index (κ2) is 6.99. The van der Waals surface area contributed by atoms with E-state index >= 15 is 0 Å². The van der Waals surface area contributed by atoms with Crippen LogP contribution in [0.25, 0.3) is 6.08 Å². The third-order valence-corrected chi connectivity index (χ3v) is 5.06. The summed E-state index contributed by atoms with van der Waals surface area (Å²) in [6.45, 7) is 0. The molecule has 1 aliphatic rings. The van der Waals surface area contributed by atoms with E-state index in [1.807, 2.05) is 0 Å². The van der Waals surface area contributed by atoms with Gasteiger partial charge in [-0.2, -0.15) is 0 Å². The van der Waals surface area contributed by atoms with Crippen LogP contribution in [-0.2, 0) is 4.79 Å². The number of rotatable bonds is 3. The minimum absolute atomic E-state index is 0.0843. The number of phenolic OH excluding ortho intramolecular Hbond substituents is 1. The van der Waals surface area contributed by atoms with E-state index < -0.39 is 27.5 Å². The van der Waals surface area contributed by atoms with Crippen LogP contribution in [0.5, 0.6) is 5.75 Å². The molecule has 0 spiro atoms. The van der Waals surface area contributed by atoms with Crippen molar-refractivity contribution in [1.29, 1.82) is 0 Å². The number of carbonyl (C=O) groups excluding carboxylic acids is 2. The van der Waals surface area contributed by atoms with Gasteiger partial charge in [-0.3, -0.25) is 19.7 Å². The van der Waals surface area contributed by atoms with Gasteiger partial charge in [-0.15, -0.1) is 0 Å². The van der Waals surface area contributed by atoms with Crippen molar-refractivity contribution in [3.63, 3.8) is 0 Å². The van der Waals surface area contributed by atoms with E-state index in [1.165, 1.54) is 30.3 Å². The molecule has 2 aromatic carbocycles. The second-order valence-corrected chi connectivity index (χ2v) is 6.93. The van der Waals surface area contributed by atoms with Crippen LogP contribution >= 0.6 is 35.0 Å². The Balaban J connectivity index is 1.96. The summed E-state index contributed by atoms with van der Waals surface area (Å²) in [5.41, 5.74) is 0.0681. The zero-order valence-electron chi connectivity index (χ0n) is 12.7. The summed E-state index contributed by atoms with van der Waals surface area (Å²) < 4.78 is 0. The monoisotopic (exact) mass is 410 g/mol. The van der Waals surface area contributed by atoms with Crippen molar-refractivity contribution < 1.29 is 19.6 Å². The zero-order valence-corrected chi connectivity index (χ0v) is 15.0. The van der Waals surface area contributed by atoms with Crippen molar-refractivity contribution in [3.8, 4) is 5.75 Å². The van der Waals surface area contributed by atoms with Crippen LogP contribution in [0.3, 0.4) is 0 Å². The predicted octanol–water partition coefficient (Wildman–Crippen LogP) is 4.85. The number of halogens is 2. The van der Waals surface area contributed by atoms with Crippen LogP contribution in [0, 0.1) is 10.1 Å². The minimum Gasteiger partial charge on any atom is -0.502 e. The summed E-state index contributed by atoms with van der Waals surface area (Å²) in [4.78, 5) is 35.9. The van der Waals surface area contributed by atoms with Gasteiger partial charge in [0.15, 0.2) is 5.75 Å².